The van der Waals surface area contributed by atoms with Crippen LogP contribution in [-0.2, 0) is 12.8 Å². The number of nitrogens with zero attached hydrogens (tertiary/aromatic N) is 2. The molecule has 1 heterocycles. The molecule has 1 aliphatic carbocycles. The predicted molar refractivity (Wildman–Crippen MR) is 93.6 cm³/mol. The molecule has 0 amide bonds. The third-order valence-corrected chi connectivity index (χ3v) is 4.96. The largest absolute Gasteiger partial charge is 0.326 e. The highest BCUT2D eigenvalue weighted by molar-refractivity contribution is 5.40. The molecule has 24 heavy (non-hydrogen) atoms. The Labute approximate surface area is 142 Å². The summed E-state index contributed by atoms with van der Waals surface area (Å²) in [5.74, 6) is -0.175. The minimum Gasteiger partial charge on any atom is -0.326 e. The van der Waals surface area contributed by atoms with Gasteiger partial charge in [-0.1, -0.05) is 42.8 Å². The first-order valence-electron chi connectivity index (χ1n) is 8.66. The van der Waals surface area contributed by atoms with Gasteiger partial charge in [0.05, 0.1) is 12.4 Å². The van der Waals surface area contributed by atoms with Crippen molar-refractivity contribution in [3.63, 3.8) is 0 Å². The first-order valence-corrected chi connectivity index (χ1v) is 8.66. The second-order valence-corrected chi connectivity index (χ2v) is 6.52. The molecule has 0 saturated carbocycles. The molecule has 1 aromatic heterocycles. The summed E-state index contributed by atoms with van der Waals surface area (Å²) >= 11 is 0. The number of aryl methyl sites for hydroxylation is 2. The number of hydrogen-bond acceptors (Lipinski definition) is 1. The SMILES string of the molecule is Fc1ccccc1C(c1ccc2c(c1)CCCCC2)n1ccnc1. The van der Waals surface area contributed by atoms with Gasteiger partial charge < -0.3 is 4.57 Å². The highest BCUT2D eigenvalue weighted by atomic mass is 19.1. The lowest BCUT2D eigenvalue weighted by Crippen LogP contribution is -2.13. The molecule has 122 valence electrons. The van der Waals surface area contributed by atoms with Crippen LogP contribution in [0.1, 0.15) is 47.6 Å². The summed E-state index contributed by atoms with van der Waals surface area (Å²) in [7, 11) is 0. The minimum absolute atomic E-state index is 0.175. The van der Waals surface area contributed by atoms with E-state index in [0.717, 1.165) is 18.4 Å². The maximum absolute atomic E-state index is 14.5. The fourth-order valence-electron chi connectivity index (χ4n) is 3.73. The molecule has 0 fully saturated rings. The Morgan fingerprint density at radius 1 is 0.958 bits per heavy atom. The van der Waals surface area contributed by atoms with Crippen molar-refractivity contribution in [2.24, 2.45) is 0 Å². The smallest absolute Gasteiger partial charge is 0.128 e. The monoisotopic (exact) mass is 320 g/mol. The Morgan fingerprint density at radius 3 is 2.58 bits per heavy atom. The van der Waals surface area contributed by atoms with Crippen LogP contribution in [0.15, 0.2) is 61.2 Å². The third kappa shape index (κ3) is 2.86. The lowest BCUT2D eigenvalue weighted by molar-refractivity contribution is 0.572. The van der Waals surface area contributed by atoms with E-state index in [1.807, 2.05) is 22.9 Å². The fraction of sp³-hybridized carbons (Fsp3) is 0.286. The quantitative estimate of drug-likeness (QED) is 0.626. The highest BCUT2D eigenvalue weighted by Gasteiger charge is 2.20. The van der Waals surface area contributed by atoms with Crippen LogP contribution in [0.2, 0.25) is 0 Å². The zero-order chi connectivity index (χ0) is 16.4. The van der Waals surface area contributed by atoms with Gasteiger partial charge in [-0.2, -0.15) is 0 Å². The lowest BCUT2D eigenvalue weighted by atomic mass is 9.93. The summed E-state index contributed by atoms with van der Waals surface area (Å²) in [6, 6.07) is 13.5. The number of hydrogen-bond donors (Lipinski definition) is 0. The number of benzene rings is 2. The van der Waals surface area contributed by atoms with E-state index in [4.69, 9.17) is 0 Å². The van der Waals surface area contributed by atoms with Gasteiger partial charge in [0.15, 0.2) is 0 Å². The molecule has 1 unspecified atom stereocenters. The number of rotatable bonds is 3. The Bertz CT molecular complexity index is 824. The molecule has 3 aromatic rings. The van der Waals surface area contributed by atoms with Gasteiger partial charge >= 0.3 is 0 Å². The summed E-state index contributed by atoms with van der Waals surface area (Å²) < 4.78 is 16.5. The first kappa shape index (κ1) is 15.1. The lowest BCUT2D eigenvalue weighted by Gasteiger charge is -2.21. The Balaban J connectivity index is 1.83. The molecule has 0 saturated heterocycles. The van der Waals surface area contributed by atoms with Gasteiger partial charge in [0, 0.05) is 18.0 Å². The van der Waals surface area contributed by atoms with Crippen molar-refractivity contribution in [3.8, 4) is 0 Å². The summed E-state index contributed by atoms with van der Waals surface area (Å²) in [4.78, 5) is 4.17. The Kier molecular flexibility index (Phi) is 4.16. The van der Waals surface area contributed by atoms with Gasteiger partial charge in [-0.3, -0.25) is 0 Å². The van der Waals surface area contributed by atoms with Crippen LogP contribution in [0.3, 0.4) is 0 Å². The molecule has 0 spiro atoms. The average Bonchev–Trinajstić information content (AvgIpc) is 3.02. The normalized spacial score (nSPS) is 15.5. The molecule has 2 nitrogen and oxygen atoms in total. The van der Waals surface area contributed by atoms with Gasteiger partial charge in [0.1, 0.15) is 5.82 Å². The number of aromatic nitrogens is 2. The van der Waals surface area contributed by atoms with Crippen LogP contribution >= 0.6 is 0 Å². The van der Waals surface area contributed by atoms with Gasteiger partial charge in [-0.25, -0.2) is 9.37 Å². The molecular weight excluding hydrogens is 299 g/mol. The first-order chi connectivity index (χ1) is 11.8. The maximum Gasteiger partial charge on any atom is 0.128 e. The van der Waals surface area contributed by atoms with E-state index in [1.165, 1.54) is 36.5 Å². The van der Waals surface area contributed by atoms with Crippen LogP contribution < -0.4 is 0 Å². The summed E-state index contributed by atoms with van der Waals surface area (Å²) in [5.41, 5.74) is 4.68. The molecule has 1 atom stereocenters. The van der Waals surface area contributed by atoms with E-state index in [9.17, 15) is 4.39 Å². The number of fused-ring (bicyclic) bond motifs is 1. The highest BCUT2D eigenvalue weighted by Crippen LogP contribution is 2.31. The molecule has 0 bridgehead atoms. The van der Waals surface area contributed by atoms with E-state index < -0.39 is 0 Å². The molecule has 0 radical (unpaired) electrons. The number of imidazole rings is 1. The standard InChI is InChI=1S/C21H21FN2/c22-20-9-5-4-8-19(20)21(24-13-12-23-15-24)18-11-10-16-6-2-1-3-7-17(16)14-18/h4-5,8-15,21H,1-3,6-7H2. The molecule has 4 rings (SSSR count). The van der Waals surface area contributed by atoms with E-state index in [2.05, 4.69) is 23.2 Å². The van der Waals surface area contributed by atoms with Crippen LogP contribution in [0.25, 0.3) is 0 Å². The van der Waals surface area contributed by atoms with Crippen LogP contribution in [-0.4, -0.2) is 9.55 Å². The van der Waals surface area contributed by atoms with Crippen LogP contribution in [0, 0.1) is 5.82 Å². The molecular formula is C21H21FN2. The van der Waals surface area contributed by atoms with Crippen molar-refractivity contribution in [1.29, 1.82) is 0 Å². The predicted octanol–water partition coefficient (Wildman–Crippen LogP) is 4.93. The fourth-order valence-corrected chi connectivity index (χ4v) is 3.73. The van der Waals surface area contributed by atoms with Gasteiger partial charge in [-0.05, 0) is 48.4 Å². The zero-order valence-corrected chi connectivity index (χ0v) is 13.7. The van der Waals surface area contributed by atoms with Gasteiger partial charge in [0.2, 0.25) is 0 Å². The molecule has 0 aliphatic heterocycles. The molecule has 1 aliphatic rings. The average molecular weight is 320 g/mol. The minimum atomic E-state index is -0.178. The number of halogens is 1. The van der Waals surface area contributed by atoms with E-state index in [1.54, 1.807) is 18.6 Å². The van der Waals surface area contributed by atoms with Crippen molar-refractivity contribution in [2.75, 3.05) is 0 Å². The van der Waals surface area contributed by atoms with Crippen molar-refractivity contribution in [1.82, 2.24) is 9.55 Å². The van der Waals surface area contributed by atoms with E-state index in [-0.39, 0.29) is 11.9 Å². The summed E-state index contributed by atoms with van der Waals surface area (Å²) in [6.45, 7) is 0. The summed E-state index contributed by atoms with van der Waals surface area (Å²) in [5, 5.41) is 0. The van der Waals surface area contributed by atoms with Crippen molar-refractivity contribution >= 4 is 0 Å². The van der Waals surface area contributed by atoms with Crippen LogP contribution in [0.5, 0.6) is 0 Å². The van der Waals surface area contributed by atoms with E-state index in [0.29, 0.717) is 5.56 Å². The van der Waals surface area contributed by atoms with Crippen molar-refractivity contribution < 1.29 is 4.39 Å². The molecule has 2 aromatic carbocycles. The summed E-state index contributed by atoms with van der Waals surface area (Å²) in [6.07, 6.45) is 11.5. The molecule has 0 N–H and O–H groups in total. The maximum atomic E-state index is 14.5. The Hall–Kier alpha value is -2.42. The second kappa shape index (κ2) is 6.60. The van der Waals surface area contributed by atoms with Crippen molar-refractivity contribution in [2.45, 2.75) is 38.1 Å². The topological polar surface area (TPSA) is 17.8 Å². The second-order valence-electron chi connectivity index (χ2n) is 6.52. The third-order valence-electron chi connectivity index (χ3n) is 4.96. The van der Waals surface area contributed by atoms with Gasteiger partial charge in [-0.15, -0.1) is 0 Å². The van der Waals surface area contributed by atoms with Crippen LogP contribution in [0.4, 0.5) is 4.39 Å². The molecule has 3 heteroatoms. The van der Waals surface area contributed by atoms with Gasteiger partial charge in [0.25, 0.3) is 0 Å². The van der Waals surface area contributed by atoms with Crippen molar-refractivity contribution in [3.05, 3.63) is 89.3 Å². The van der Waals surface area contributed by atoms with E-state index >= 15 is 0 Å². The zero-order valence-electron chi connectivity index (χ0n) is 13.7. The Morgan fingerprint density at radius 2 is 1.79 bits per heavy atom.